The molecule has 0 saturated carbocycles. The van der Waals surface area contributed by atoms with Gasteiger partial charge in [-0.3, -0.25) is 4.79 Å². The van der Waals surface area contributed by atoms with E-state index in [9.17, 15) is 9.90 Å². The van der Waals surface area contributed by atoms with Gasteiger partial charge in [0.2, 0.25) is 0 Å². The van der Waals surface area contributed by atoms with Crippen molar-refractivity contribution in [2.45, 2.75) is 102 Å². The van der Waals surface area contributed by atoms with E-state index in [1.165, 1.54) is 62.3 Å². The van der Waals surface area contributed by atoms with Gasteiger partial charge in [-0.2, -0.15) is 0 Å². The summed E-state index contributed by atoms with van der Waals surface area (Å²) in [5.74, 6) is -0.355. The molecule has 1 aromatic rings. The zero-order valence-electron chi connectivity index (χ0n) is 17.9. The van der Waals surface area contributed by atoms with E-state index in [1.54, 1.807) is 0 Å². The molecule has 1 aromatic carbocycles. The van der Waals surface area contributed by atoms with E-state index in [0.717, 1.165) is 24.8 Å². The highest BCUT2D eigenvalue weighted by atomic mass is 32.2. The fourth-order valence-corrected chi connectivity index (χ4v) is 4.64. The van der Waals surface area contributed by atoms with Crippen LogP contribution in [0, 0.1) is 0 Å². The van der Waals surface area contributed by atoms with Crippen LogP contribution < -0.4 is 0 Å². The number of hydrogen-bond donors (Lipinski definition) is 2. The molecule has 1 rings (SSSR count). The van der Waals surface area contributed by atoms with Gasteiger partial charge in [0, 0.05) is 12.2 Å². The minimum absolute atomic E-state index is 0.0937. The molecule has 160 valence electrons. The molecular formula is C24H40O3S. The van der Waals surface area contributed by atoms with E-state index in [2.05, 4.69) is 38.1 Å². The predicted molar refractivity (Wildman–Crippen MR) is 121 cm³/mol. The lowest BCUT2D eigenvalue weighted by atomic mass is 9.99. The second-order valence-electron chi connectivity index (χ2n) is 7.91. The molecule has 0 aromatic heterocycles. The van der Waals surface area contributed by atoms with Crippen LogP contribution in [0.1, 0.15) is 95.6 Å². The van der Waals surface area contributed by atoms with Crippen molar-refractivity contribution >= 4 is 17.7 Å². The van der Waals surface area contributed by atoms with Crippen LogP contribution in [-0.2, 0) is 17.6 Å². The third-order valence-electron chi connectivity index (χ3n) is 5.18. The standard InChI is InChI=1S/C24H40O3S/c1-3-5-7-8-9-10-11-12-21-13-15-22(16-14-21)20-24(27,18-6-4-2)28-19-17-23(25)26/h13-16,27H,3-12,17-20H2,1-2H3,(H,25,26)/t24-/m0/s1. The minimum Gasteiger partial charge on any atom is -0.481 e. The average molecular weight is 409 g/mol. The summed E-state index contributed by atoms with van der Waals surface area (Å²) in [6, 6.07) is 8.64. The molecule has 0 spiro atoms. The first kappa shape index (κ1) is 25.0. The summed E-state index contributed by atoms with van der Waals surface area (Å²) in [4.78, 5) is 9.90. The van der Waals surface area contributed by atoms with Gasteiger partial charge >= 0.3 is 5.97 Å². The topological polar surface area (TPSA) is 57.5 Å². The molecule has 0 heterocycles. The largest absolute Gasteiger partial charge is 0.481 e. The fraction of sp³-hybridized carbons (Fsp3) is 0.708. The first-order valence-corrected chi connectivity index (χ1v) is 12.1. The quantitative estimate of drug-likeness (QED) is 0.225. The smallest absolute Gasteiger partial charge is 0.304 e. The summed E-state index contributed by atoms with van der Waals surface area (Å²) in [6.45, 7) is 4.37. The normalized spacial score (nSPS) is 13.4. The van der Waals surface area contributed by atoms with Crippen molar-refractivity contribution in [3.63, 3.8) is 0 Å². The molecule has 0 saturated heterocycles. The molecule has 0 amide bonds. The summed E-state index contributed by atoms with van der Waals surface area (Å²) in [5.41, 5.74) is 2.50. The maximum absolute atomic E-state index is 11.0. The zero-order valence-corrected chi connectivity index (χ0v) is 18.7. The summed E-state index contributed by atoms with van der Waals surface area (Å²) < 4.78 is 0. The van der Waals surface area contributed by atoms with Gasteiger partial charge in [0.25, 0.3) is 0 Å². The highest BCUT2D eigenvalue weighted by Gasteiger charge is 2.27. The van der Waals surface area contributed by atoms with Crippen molar-refractivity contribution in [2.24, 2.45) is 0 Å². The van der Waals surface area contributed by atoms with Gasteiger partial charge in [-0.15, -0.1) is 11.8 Å². The van der Waals surface area contributed by atoms with Crippen LogP contribution in [0.2, 0.25) is 0 Å². The van der Waals surface area contributed by atoms with Crippen molar-refractivity contribution in [3.05, 3.63) is 35.4 Å². The van der Waals surface area contributed by atoms with E-state index in [1.807, 2.05) is 0 Å². The van der Waals surface area contributed by atoms with Crippen LogP contribution >= 0.6 is 11.8 Å². The van der Waals surface area contributed by atoms with Crippen molar-refractivity contribution < 1.29 is 15.0 Å². The number of aliphatic hydroxyl groups is 1. The molecule has 0 aliphatic carbocycles. The summed E-state index contributed by atoms with van der Waals surface area (Å²) in [7, 11) is 0. The third-order valence-corrected chi connectivity index (χ3v) is 6.47. The maximum Gasteiger partial charge on any atom is 0.304 e. The molecule has 0 unspecified atom stereocenters. The number of aliphatic carboxylic acids is 1. The number of benzene rings is 1. The third kappa shape index (κ3) is 11.8. The average Bonchev–Trinajstić information content (AvgIpc) is 2.67. The molecule has 0 radical (unpaired) electrons. The molecule has 0 aliphatic rings. The van der Waals surface area contributed by atoms with E-state index >= 15 is 0 Å². The fourth-order valence-electron chi connectivity index (χ4n) is 3.42. The maximum atomic E-state index is 11.0. The van der Waals surface area contributed by atoms with Gasteiger partial charge in [0.1, 0.15) is 4.93 Å². The van der Waals surface area contributed by atoms with Gasteiger partial charge < -0.3 is 10.2 Å². The number of unbranched alkanes of at least 4 members (excludes halogenated alkanes) is 7. The van der Waals surface area contributed by atoms with Crippen molar-refractivity contribution in [2.75, 3.05) is 5.75 Å². The molecule has 1 atom stereocenters. The Labute approximate surface area is 176 Å². The summed E-state index contributed by atoms with van der Waals surface area (Å²) in [6.07, 6.45) is 13.8. The van der Waals surface area contributed by atoms with Crippen LogP contribution in [0.4, 0.5) is 0 Å². The lowest BCUT2D eigenvalue weighted by Crippen LogP contribution is -2.28. The van der Waals surface area contributed by atoms with Crippen molar-refractivity contribution in [3.8, 4) is 0 Å². The first-order chi connectivity index (χ1) is 13.5. The van der Waals surface area contributed by atoms with Gasteiger partial charge in [0.15, 0.2) is 0 Å². The monoisotopic (exact) mass is 408 g/mol. The number of carboxylic acid groups (broad SMARTS) is 1. The van der Waals surface area contributed by atoms with Crippen molar-refractivity contribution in [1.29, 1.82) is 0 Å². The number of carboxylic acids is 1. The zero-order chi connectivity index (χ0) is 20.7. The van der Waals surface area contributed by atoms with E-state index in [0.29, 0.717) is 18.6 Å². The second kappa shape index (κ2) is 14.9. The Morgan fingerprint density at radius 1 is 0.893 bits per heavy atom. The van der Waals surface area contributed by atoms with Crippen LogP contribution in [-0.4, -0.2) is 26.9 Å². The molecule has 0 bridgehead atoms. The van der Waals surface area contributed by atoms with Crippen molar-refractivity contribution in [1.82, 2.24) is 0 Å². The van der Waals surface area contributed by atoms with Gasteiger partial charge in [-0.25, -0.2) is 0 Å². The Kier molecular flexibility index (Phi) is 13.3. The SMILES string of the molecule is CCCCCCCCCc1ccc(C[C@](O)(CCCC)SCCC(=O)O)cc1. The van der Waals surface area contributed by atoms with Crippen LogP contribution in [0.15, 0.2) is 24.3 Å². The van der Waals surface area contributed by atoms with E-state index < -0.39 is 10.9 Å². The molecule has 3 nitrogen and oxygen atoms in total. The Morgan fingerprint density at radius 3 is 2.07 bits per heavy atom. The number of rotatable bonds is 17. The Bertz CT molecular complexity index is 529. The minimum atomic E-state index is -0.870. The molecule has 28 heavy (non-hydrogen) atoms. The Balaban J connectivity index is 2.44. The predicted octanol–water partition coefficient (Wildman–Crippen LogP) is 6.61. The first-order valence-electron chi connectivity index (χ1n) is 11.1. The molecular weight excluding hydrogens is 368 g/mol. The van der Waals surface area contributed by atoms with E-state index in [-0.39, 0.29) is 6.42 Å². The highest BCUT2D eigenvalue weighted by Crippen LogP contribution is 2.32. The lowest BCUT2D eigenvalue weighted by molar-refractivity contribution is -0.136. The second-order valence-corrected chi connectivity index (χ2v) is 9.36. The number of thioether (sulfide) groups is 1. The van der Waals surface area contributed by atoms with Crippen LogP contribution in [0.5, 0.6) is 0 Å². The molecule has 4 heteroatoms. The summed E-state index contributed by atoms with van der Waals surface area (Å²) in [5, 5.41) is 19.9. The van der Waals surface area contributed by atoms with Gasteiger partial charge in [-0.05, 0) is 36.8 Å². The van der Waals surface area contributed by atoms with E-state index in [4.69, 9.17) is 5.11 Å². The molecule has 0 aliphatic heterocycles. The highest BCUT2D eigenvalue weighted by molar-refractivity contribution is 8.00. The van der Waals surface area contributed by atoms with Gasteiger partial charge in [0.05, 0.1) is 6.42 Å². The Hall–Kier alpha value is -1.00. The summed E-state index contributed by atoms with van der Waals surface area (Å²) >= 11 is 1.39. The number of hydrogen-bond acceptors (Lipinski definition) is 3. The lowest BCUT2D eigenvalue weighted by Gasteiger charge is -2.27. The number of carbonyl (C=O) groups is 1. The molecule has 2 N–H and O–H groups in total. The molecule has 0 fully saturated rings. The Morgan fingerprint density at radius 2 is 1.46 bits per heavy atom. The number of aryl methyl sites for hydroxylation is 1. The van der Waals surface area contributed by atoms with Crippen LogP contribution in [0.3, 0.4) is 0 Å². The van der Waals surface area contributed by atoms with Crippen LogP contribution in [0.25, 0.3) is 0 Å². The van der Waals surface area contributed by atoms with Gasteiger partial charge in [-0.1, -0.05) is 83.1 Å².